The summed E-state index contributed by atoms with van der Waals surface area (Å²) in [5.74, 6) is 0.0971. The maximum atomic E-state index is 11.4. The Bertz CT molecular complexity index is 635. The molecule has 0 bridgehead atoms. The van der Waals surface area contributed by atoms with Crippen molar-refractivity contribution in [3.8, 4) is 0 Å². The average Bonchev–Trinajstić information content (AvgIpc) is 2.14. The van der Waals surface area contributed by atoms with Crippen molar-refractivity contribution in [2.24, 2.45) is 5.14 Å². The van der Waals surface area contributed by atoms with E-state index < -0.39 is 19.9 Å². The molecule has 1 heterocycles. The Morgan fingerprint density at radius 2 is 1.76 bits per heavy atom. The zero-order valence-electron chi connectivity index (χ0n) is 9.58. The number of sulfonamides is 1. The van der Waals surface area contributed by atoms with Gasteiger partial charge in [0.15, 0.2) is 9.84 Å². The van der Waals surface area contributed by atoms with Gasteiger partial charge in [0.05, 0.1) is 4.90 Å². The van der Waals surface area contributed by atoms with E-state index in [1.807, 2.05) is 0 Å². The molecule has 0 aromatic carbocycles. The van der Waals surface area contributed by atoms with Gasteiger partial charge in [0, 0.05) is 26.5 Å². The number of nitrogens with zero attached hydrogens (tertiary/aromatic N) is 2. The van der Waals surface area contributed by atoms with Crippen LogP contribution in [0.25, 0.3) is 0 Å². The van der Waals surface area contributed by atoms with E-state index in [1.54, 1.807) is 14.1 Å². The SMILES string of the molecule is CN(C)c1ncc(S(C)(=O)=O)cc1S(N)(=O)=O. The van der Waals surface area contributed by atoms with Crippen LogP contribution in [0.15, 0.2) is 22.1 Å². The summed E-state index contributed by atoms with van der Waals surface area (Å²) in [4.78, 5) is 4.73. The van der Waals surface area contributed by atoms with Gasteiger partial charge >= 0.3 is 0 Å². The molecule has 17 heavy (non-hydrogen) atoms. The minimum Gasteiger partial charge on any atom is -0.362 e. The van der Waals surface area contributed by atoms with Crippen LogP contribution in [0.1, 0.15) is 0 Å². The number of hydrogen-bond donors (Lipinski definition) is 1. The Labute approximate surface area is 100 Å². The second kappa shape index (κ2) is 4.24. The van der Waals surface area contributed by atoms with E-state index in [9.17, 15) is 16.8 Å². The highest BCUT2D eigenvalue weighted by Gasteiger charge is 2.20. The molecule has 0 saturated heterocycles. The van der Waals surface area contributed by atoms with Gasteiger partial charge in [0.2, 0.25) is 10.0 Å². The van der Waals surface area contributed by atoms with Gasteiger partial charge in [-0.3, -0.25) is 0 Å². The summed E-state index contributed by atoms with van der Waals surface area (Å²) in [6, 6.07) is 1.01. The Balaban J connectivity index is 3.63. The fourth-order valence-electron chi connectivity index (χ4n) is 1.17. The summed E-state index contributed by atoms with van der Waals surface area (Å²) < 4.78 is 45.3. The maximum Gasteiger partial charge on any atom is 0.241 e. The summed E-state index contributed by atoms with van der Waals surface area (Å²) in [6.45, 7) is 0. The van der Waals surface area contributed by atoms with Crippen LogP contribution >= 0.6 is 0 Å². The molecule has 0 fully saturated rings. The zero-order valence-corrected chi connectivity index (χ0v) is 11.2. The Morgan fingerprint density at radius 3 is 2.12 bits per heavy atom. The monoisotopic (exact) mass is 279 g/mol. The second-order valence-electron chi connectivity index (χ2n) is 3.70. The molecule has 0 spiro atoms. The van der Waals surface area contributed by atoms with Crippen molar-refractivity contribution in [3.63, 3.8) is 0 Å². The molecule has 0 unspecified atom stereocenters. The first-order chi connectivity index (χ1) is 7.53. The summed E-state index contributed by atoms with van der Waals surface area (Å²) in [5, 5.41) is 5.02. The predicted molar refractivity (Wildman–Crippen MR) is 63.0 cm³/mol. The van der Waals surface area contributed by atoms with Gasteiger partial charge < -0.3 is 4.90 Å². The van der Waals surface area contributed by atoms with E-state index in [0.29, 0.717) is 0 Å². The van der Waals surface area contributed by atoms with E-state index in [1.165, 1.54) is 4.90 Å². The highest BCUT2D eigenvalue weighted by molar-refractivity contribution is 7.91. The molecule has 1 aromatic rings. The van der Waals surface area contributed by atoms with Crippen LogP contribution in [0.5, 0.6) is 0 Å². The van der Waals surface area contributed by atoms with E-state index in [2.05, 4.69) is 4.98 Å². The minimum absolute atomic E-state index is 0.0971. The number of aromatic nitrogens is 1. The third-order valence-corrected chi connectivity index (χ3v) is 3.96. The Morgan fingerprint density at radius 1 is 1.24 bits per heavy atom. The molecule has 96 valence electrons. The fraction of sp³-hybridized carbons (Fsp3) is 0.375. The quantitative estimate of drug-likeness (QED) is 0.775. The summed E-state index contributed by atoms with van der Waals surface area (Å²) >= 11 is 0. The molecule has 0 atom stereocenters. The first kappa shape index (κ1) is 13.9. The summed E-state index contributed by atoms with van der Waals surface area (Å²) in [5.41, 5.74) is 0. The van der Waals surface area contributed by atoms with Gasteiger partial charge in [-0.2, -0.15) is 0 Å². The van der Waals surface area contributed by atoms with Crippen LogP contribution in [0.3, 0.4) is 0 Å². The highest BCUT2D eigenvalue weighted by Crippen LogP contribution is 2.22. The molecule has 1 rings (SSSR count). The van der Waals surface area contributed by atoms with Crippen molar-refractivity contribution in [3.05, 3.63) is 12.3 Å². The lowest BCUT2D eigenvalue weighted by Gasteiger charge is -2.15. The standard InChI is InChI=1S/C8H13N3O4S2/c1-11(2)8-7(17(9,14)15)4-6(5-10-8)16(3,12)13/h4-5H,1-3H3,(H2,9,14,15). The van der Waals surface area contributed by atoms with Gasteiger partial charge in [-0.05, 0) is 6.07 Å². The van der Waals surface area contributed by atoms with Crippen molar-refractivity contribution >= 4 is 25.7 Å². The van der Waals surface area contributed by atoms with Gasteiger partial charge in [-0.25, -0.2) is 27.0 Å². The third-order valence-electron chi connectivity index (χ3n) is 1.97. The van der Waals surface area contributed by atoms with Crippen LogP contribution in [0, 0.1) is 0 Å². The number of sulfone groups is 1. The lowest BCUT2D eigenvalue weighted by molar-refractivity contribution is 0.596. The van der Waals surface area contributed by atoms with Crippen molar-refractivity contribution < 1.29 is 16.8 Å². The average molecular weight is 279 g/mol. The molecule has 0 aliphatic heterocycles. The zero-order chi connectivity index (χ0) is 13.4. The molecular weight excluding hydrogens is 266 g/mol. The van der Waals surface area contributed by atoms with Crippen molar-refractivity contribution in [2.45, 2.75) is 9.79 Å². The number of primary sulfonamides is 1. The van der Waals surface area contributed by atoms with Crippen molar-refractivity contribution in [1.29, 1.82) is 0 Å². The van der Waals surface area contributed by atoms with E-state index in [4.69, 9.17) is 5.14 Å². The molecule has 7 nitrogen and oxygen atoms in total. The smallest absolute Gasteiger partial charge is 0.241 e. The molecule has 0 amide bonds. The number of nitrogens with two attached hydrogens (primary N) is 1. The third kappa shape index (κ3) is 3.14. The van der Waals surface area contributed by atoms with Crippen LogP contribution < -0.4 is 10.0 Å². The number of anilines is 1. The van der Waals surface area contributed by atoms with Crippen molar-refractivity contribution in [1.82, 2.24) is 4.98 Å². The maximum absolute atomic E-state index is 11.4. The lowest BCUT2D eigenvalue weighted by Crippen LogP contribution is -2.20. The van der Waals surface area contributed by atoms with Gasteiger partial charge in [0.25, 0.3) is 0 Å². The predicted octanol–water partition coefficient (Wildman–Crippen LogP) is -0.801. The molecule has 0 radical (unpaired) electrons. The fourth-order valence-corrected chi connectivity index (χ4v) is 2.60. The Kier molecular flexibility index (Phi) is 3.46. The number of pyridine rings is 1. The molecule has 9 heteroatoms. The normalized spacial score (nSPS) is 12.5. The van der Waals surface area contributed by atoms with E-state index in [-0.39, 0.29) is 15.6 Å². The topological polar surface area (TPSA) is 110 Å². The Hall–Kier alpha value is -1.19. The molecule has 0 aliphatic rings. The molecule has 2 N–H and O–H groups in total. The highest BCUT2D eigenvalue weighted by atomic mass is 32.2. The molecule has 0 saturated carbocycles. The van der Waals surface area contributed by atoms with E-state index >= 15 is 0 Å². The second-order valence-corrected chi connectivity index (χ2v) is 7.25. The largest absolute Gasteiger partial charge is 0.362 e. The van der Waals surface area contributed by atoms with Crippen molar-refractivity contribution in [2.75, 3.05) is 25.3 Å². The van der Waals surface area contributed by atoms with E-state index in [0.717, 1.165) is 18.5 Å². The summed E-state index contributed by atoms with van der Waals surface area (Å²) in [6.07, 6.45) is 2.06. The van der Waals surface area contributed by atoms with Gasteiger partial charge in [0.1, 0.15) is 10.7 Å². The number of hydrogen-bond acceptors (Lipinski definition) is 6. The first-order valence-corrected chi connectivity index (χ1v) is 7.87. The first-order valence-electron chi connectivity index (χ1n) is 4.43. The molecule has 0 aliphatic carbocycles. The van der Waals surface area contributed by atoms with Crippen LogP contribution in [0.4, 0.5) is 5.82 Å². The number of rotatable bonds is 3. The molecule has 1 aromatic heterocycles. The van der Waals surface area contributed by atoms with Crippen LogP contribution in [-0.4, -0.2) is 42.2 Å². The minimum atomic E-state index is -4.03. The van der Waals surface area contributed by atoms with Crippen LogP contribution in [-0.2, 0) is 19.9 Å². The lowest BCUT2D eigenvalue weighted by atomic mass is 10.4. The van der Waals surface area contributed by atoms with Gasteiger partial charge in [-0.15, -0.1) is 0 Å². The summed E-state index contributed by atoms with van der Waals surface area (Å²) in [7, 11) is -4.40. The van der Waals surface area contributed by atoms with Crippen LogP contribution in [0.2, 0.25) is 0 Å². The molecular formula is C8H13N3O4S2. The van der Waals surface area contributed by atoms with Gasteiger partial charge in [-0.1, -0.05) is 0 Å².